The highest BCUT2D eigenvalue weighted by atomic mass is 79.9. The summed E-state index contributed by atoms with van der Waals surface area (Å²) in [6.07, 6.45) is 1.01. The molecule has 1 atom stereocenters. The van der Waals surface area contributed by atoms with E-state index in [1.165, 1.54) is 0 Å². The summed E-state index contributed by atoms with van der Waals surface area (Å²) in [7, 11) is 1.86. The van der Waals surface area contributed by atoms with Crippen LogP contribution in [0.25, 0.3) is 0 Å². The molecule has 0 aromatic heterocycles. The van der Waals surface area contributed by atoms with Crippen molar-refractivity contribution in [2.75, 3.05) is 7.05 Å². The molecule has 2 nitrogen and oxygen atoms in total. The number of hydrogen-bond donors (Lipinski definition) is 0. The molecule has 0 bridgehead atoms. The van der Waals surface area contributed by atoms with E-state index in [0.29, 0.717) is 11.5 Å². The summed E-state index contributed by atoms with van der Waals surface area (Å²) in [5.41, 5.74) is 0.697. The number of hydrogen-bond acceptors (Lipinski definition) is 1. The quantitative estimate of drug-likeness (QED) is 0.744. The van der Waals surface area contributed by atoms with Crippen LogP contribution >= 0.6 is 31.9 Å². The van der Waals surface area contributed by atoms with Gasteiger partial charge >= 0.3 is 0 Å². The smallest absolute Gasteiger partial charge is 0.255 e. The van der Waals surface area contributed by atoms with Crippen molar-refractivity contribution in [3.8, 4) is 0 Å². The molecule has 100 valence electrons. The van der Waals surface area contributed by atoms with Crippen LogP contribution in [0.5, 0.6) is 0 Å². The molecule has 1 rings (SSSR count). The lowest BCUT2D eigenvalue weighted by Gasteiger charge is -2.26. The van der Waals surface area contributed by atoms with E-state index in [9.17, 15) is 4.79 Å². The lowest BCUT2D eigenvalue weighted by atomic mass is 10.0. The van der Waals surface area contributed by atoms with Gasteiger partial charge in [0.15, 0.2) is 0 Å². The summed E-state index contributed by atoms with van der Waals surface area (Å²) in [6.45, 7) is 6.43. The lowest BCUT2D eigenvalue weighted by Crippen LogP contribution is -2.36. The van der Waals surface area contributed by atoms with Crippen LogP contribution in [0.1, 0.15) is 37.6 Å². The molecule has 0 aliphatic rings. The Morgan fingerprint density at radius 2 is 1.89 bits per heavy atom. The van der Waals surface area contributed by atoms with Gasteiger partial charge in [0.05, 0.1) is 5.56 Å². The van der Waals surface area contributed by atoms with Crippen molar-refractivity contribution in [3.05, 3.63) is 32.7 Å². The third-order valence-electron chi connectivity index (χ3n) is 2.95. The molecule has 0 fully saturated rings. The van der Waals surface area contributed by atoms with Gasteiger partial charge in [-0.15, -0.1) is 0 Å². The van der Waals surface area contributed by atoms with E-state index < -0.39 is 0 Å². The van der Waals surface area contributed by atoms with E-state index in [2.05, 4.69) is 52.6 Å². The van der Waals surface area contributed by atoms with Gasteiger partial charge in [-0.05, 0) is 53.4 Å². The maximum atomic E-state index is 12.4. The van der Waals surface area contributed by atoms with Crippen molar-refractivity contribution in [2.45, 2.75) is 33.2 Å². The number of benzene rings is 1. The highest BCUT2D eigenvalue weighted by molar-refractivity contribution is 9.11. The third kappa shape index (κ3) is 4.09. The molecule has 1 aromatic carbocycles. The van der Waals surface area contributed by atoms with E-state index in [1.807, 2.05) is 30.1 Å². The van der Waals surface area contributed by atoms with Crippen LogP contribution in [-0.4, -0.2) is 23.9 Å². The van der Waals surface area contributed by atoms with Crippen LogP contribution in [0.2, 0.25) is 0 Å². The maximum absolute atomic E-state index is 12.4. The van der Waals surface area contributed by atoms with Crippen LogP contribution in [0, 0.1) is 5.92 Å². The van der Waals surface area contributed by atoms with Crippen molar-refractivity contribution in [2.24, 2.45) is 5.92 Å². The average Bonchev–Trinajstić information content (AvgIpc) is 2.29. The normalized spacial score (nSPS) is 12.6. The van der Waals surface area contributed by atoms with E-state index >= 15 is 0 Å². The van der Waals surface area contributed by atoms with Gasteiger partial charge in [-0.25, -0.2) is 0 Å². The Morgan fingerprint density at radius 1 is 1.28 bits per heavy atom. The second-order valence-electron chi connectivity index (χ2n) is 5.02. The number of rotatable bonds is 4. The van der Waals surface area contributed by atoms with Crippen molar-refractivity contribution >= 4 is 37.8 Å². The number of halogens is 2. The SMILES string of the molecule is CC(C)CC(C)N(C)C(=O)c1cc(Br)ccc1Br. The molecule has 0 heterocycles. The third-order valence-corrected chi connectivity index (χ3v) is 4.14. The fourth-order valence-corrected chi connectivity index (χ4v) is 2.67. The maximum Gasteiger partial charge on any atom is 0.255 e. The minimum absolute atomic E-state index is 0.0522. The Hall–Kier alpha value is -0.350. The van der Waals surface area contributed by atoms with E-state index in [0.717, 1.165) is 15.4 Å². The summed E-state index contributed by atoms with van der Waals surface area (Å²) in [6, 6.07) is 5.89. The second kappa shape index (κ2) is 6.71. The first-order valence-corrected chi connectivity index (χ1v) is 7.63. The summed E-state index contributed by atoms with van der Waals surface area (Å²) >= 11 is 6.83. The molecule has 0 aliphatic carbocycles. The molecule has 0 aliphatic heterocycles. The largest absolute Gasteiger partial charge is 0.339 e. The molecule has 4 heteroatoms. The molecular formula is C14H19Br2NO. The fourth-order valence-electron chi connectivity index (χ4n) is 1.89. The van der Waals surface area contributed by atoms with Gasteiger partial charge in [0.1, 0.15) is 0 Å². The number of amides is 1. The van der Waals surface area contributed by atoms with Crippen molar-refractivity contribution in [1.82, 2.24) is 4.90 Å². The monoisotopic (exact) mass is 375 g/mol. The Kier molecular flexibility index (Phi) is 5.86. The Balaban J connectivity index is 2.89. The highest BCUT2D eigenvalue weighted by Crippen LogP contribution is 2.24. The van der Waals surface area contributed by atoms with E-state index in [4.69, 9.17) is 0 Å². The van der Waals surface area contributed by atoms with E-state index in [1.54, 1.807) is 0 Å². The number of nitrogens with zero attached hydrogens (tertiary/aromatic N) is 1. The van der Waals surface area contributed by atoms with Gasteiger partial charge in [-0.3, -0.25) is 4.79 Å². The zero-order chi connectivity index (χ0) is 13.9. The lowest BCUT2D eigenvalue weighted by molar-refractivity contribution is 0.0727. The van der Waals surface area contributed by atoms with Crippen molar-refractivity contribution in [3.63, 3.8) is 0 Å². The Labute approximate surface area is 126 Å². The molecule has 0 saturated carbocycles. The van der Waals surface area contributed by atoms with Crippen LogP contribution in [0.3, 0.4) is 0 Å². The van der Waals surface area contributed by atoms with Gasteiger partial charge < -0.3 is 4.90 Å². The van der Waals surface area contributed by atoms with Crippen molar-refractivity contribution in [1.29, 1.82) is 0 Å². The van der Waals surface area contributed by atoms with Crippen LogP contribution in [0.4, 0.5) is 0 Å². The zero-order valence-corrected chi connectivity index (χ0v) is 14.4. The van der Waals surface area contributed by atoms with E-state index in [-0.39, 0.29) is 11.9 Å². The first-order chi connectivity index (χ1) is 8.32. The van der Waals surface area contributed by atoms with Crippen LogP contribution in [0.15, 0.2) is 27.1 Å². The van der Waals surface area contributed by atoms with Gasteiger partial charge in [0, 0.05) is 22.0 Å². The number of carbonyl (C=O) groups excluding carboxylic acids is 1. The predicted molar refractivity (Wildman–Crippen MR) is 82.9 cm³/mol. The average molecular weight is 377 g/mol. The molecule has 0 spiro atoms. The van der Waals surface area contributed by atoms with Crippen LogP contribution in [-0.2, 0) is 0 Å². The van der Waals surface area contributed by atoms with Gasteiger partial charge in [0.2, 0.25) is 0 Å². The van der Waals surface area contributed by atoms with Crippen molar-refractivity contribution < 1.29 is 4.79 Å². The molecule has 0 saturated heterocycles. The Bertz CT molecular complexity index is 432. The molecule has 0 N–H and O–H groups in total. The highest BCUT2D eigenvalue weighted by Gasteiger charge is 2.20. The van der Waals surface area contributed by atoms with Gasteiger partial charge in [-0.1, -0.05) is 29.8 Å². The Morgan fingerprint density at radius 3 is 2.44 bits per heavy atom. The first-order valence-electron chi connectivity index (χ1n) is 6.05. The molecule has 1 unspecified atom stereocenters. The summed E-state index contributed by atoms with van der Waals surface area (Å²) in [5, 5.41) is 0. The predicted octanol–water partition coefficient (Wildman–Crippen LogP) is 4.72. The summed E-state index contributed by atoms with van der Waals surface area (Å²) in [4.78, 5) is 14.2. The zero-order valence-electron chi connectivity index (χ0n) is 11.2. The fraction of sp³-hybridized carbons (Fsp3) is 0.500. The standard InChI is InChI=1S/C14H19Br2NO/c1-9(2)7-10(3)17(4)14(18)12-8-11(15)5-6-13(12)16/h5-6,8-10H,7H2,1-4H3. The van der Waals surface area contributed by atoms with Crippen LogP contribution < -0.4 is 0 Å². The minimum atomic E-state index is 0.0522. The minimum Gasteiger partial charge on any atom is -0.339 e. The number of carbonyl (C=O) groups is 1. The molecule has 18 heavy (non-hydrogen) atoms. The molecule has 1 aromatic rings. The van der Waals surface area contributed by atoms with Gasteiger partial charge in [-0.2, -0.15) is 0 Å². The van der Waals surface area contributed by atoms with Gasteiger partial charge in [0.25, 0.3) is 5.91 Å². The molecule has 1 amide bonds. The molecule has 0 radical (unpaired) electrons. The molecular weight excluding hydrogens is 358 g/mol. The topological polar surface area (TPSA) is 20.3 Å². The summed E-state index contributed by atoms with van der Waals surface area (Å²) in [5.74, 6) is 0.637. The summed E-state index contributed by atoms with van der Waals surface area (Å²) < 4.78 is 1.75. The first kappa shape index (κ1) is 15.7. The second-order valence-corrected chi connectivity index (χ2v) is 6.79.